The summed E-state index contributed by atoms with van der Waals surface area (Å²) >= 11 is 0.966. The van der Waals surface area contributed by atoms with Crippen molar-refractivity contribution in [2.45, 2.75) is 22.9 Å². The van der Waals surface area contributed by atoms with Crippen LogP contribution in [0.25, 0.3) is 0 Å². The molecule has 1 aromatic carbocycles. The van der Waals surface area contributed by atoms with Crippen LogP contribution in [-0.4, -0.2) is 47.8 Å². The maximum atomic E-state index is 12.9. The highest BCUT2D eigenvalue weighted by Gasteiger charge is 2.55. The molecule has 1 fully saturated rings. The largest absolute Gasteiger partial charge is 0.467 e. The molecule has 0 bridgehead atoms. The van der Waals surface area contributed by atoms with Gasteiger partial charge in [0.25, 0.3) is 0 Å². The Kier molecular flexibility index (Phi) is 4.29. The molecule has 0 aliphatic carbocycles. The van der Waals surface area contributed by atoms with Crippen LogP contribution in [0.15, 0.2) is 29.2 Å². The molecule has 0 spiro atoms. The van der Waals surface area contributed by atoms with E-state index in [9.17, 15) is 22.7 Å². The average Bonchev–Trinajstić information content (AvgIpc) is 2.75. The molecule has 1 aliphatic heterocycles. The van der Waals surface area contributed by atoms with Crippen LogP contribution in [0.3, 0.4) is 0 Å². The number of nitrogens with zero attached hydrogens (tertiary/aromatic N) is 1. The van der Waals surface area contributed by atoms with E-state index in [0.717, 1.165) is 43.1 Å². The Morgan fingerprint density at radius 1 is 1.48 bits per heavy atom. The lowest BCUT2D eigenvalue weighted by Crippen LogP contribution is -2.52. The molecule has 0 radical (unpaired) electrons. The van der Waals surface area contributed by atoms with Gasteiger partial charge >= 0.3 is 5.97 Å². The molecule has 1 saturated heterocycles. The first-order valence-electron chi connectivity index (χ1n) is 5.94. The minimum absolute atomic E-state index is 0.0338. The summed E-state index contributed by atoms with van der Waals surface area (Å²) in [6.45, 7) is 1.36. The zero-order chi connectivity index (χ0) is 15.8. The highest BCUT2D eigenvalue weighted by molar-refractivity contribution is 8.02. The molecule has 2 rings (SSSR count). The summed E-state index contributed by atoms with van der Waals surface area (Å²) < 4.78 is 43.5. The van der Waals surface area contributed by atoms with Gasteiger partial charge in [-0.1, -0.05) is 0 Å². The van der Waals surface area contributed by atoms with E-state index in [1.165, 1.54) is 6.92 Å². The van der Waals surface area contributed by atoms with Crippen molar-refractivity contribution < 1.29 is 27.4 Å². The van der Waals surface area contributed by atoms with Crippen molar-refractivity contribution in [2.75, 3.05) is 12.9 Å². The standard InChI is InChI=1S/C12H14FNO5S2/c1-12(11(16)19-2)14(10(15)7-20-12)21(17,18)9-5-3-8(13)4-6-9/h3-6,10,15H,7H2,1-2H3. The second kappa shape index (κ2) is 5.56. The van der Waals surface area contributed by atoms with Crippen LogP contribution in [0, 0.1) is 5.82 Å². The first kappa shape index (κ1) is 16.2. The van der Waals surface area contributed by atoms with E-state index in [4.69, 9.17) is 0 Å². The van der Waals surface area contributed by atoms with Gasteiger partial charge in [-0.05, 0) is 31.2 Å². The number of carbonyl (C=O) groups excluding carboxylic acids is 1. The van der Waals surface area contributed by atoms with Gasteiger partial charge < -0.3 is 9.84 Å². The minimum atomic E-state index is -4.17. The summed E-state index contributed by atoms with van der Waals surface area (Å²) in [4.78, 5) is 10.1. The maximum absolute atomic E-state index is 12.9. The molecule has 2 unspecified atom stereocenters. The number of ether oxygens (including phenoxy) is 1. The first-order valence-corrected chi connectivity index (χ1v) is 8.36. The van der Waals surface area contributed by atoms with E-state index in [2.05, 4.69) is 4.74 Å². The SMILES string of the molecule is COC(=O)C1(C)SCC(O)N1S(=O)(=O)c1ccc(F)cc1. The minimum Gasteiger partial charge on any atom is -0.467 e. The van der Waals surface area contributed by atoms with E-state index in [-0.39, 0.29) is 10.6 Å². The summed E-state index contributed by atoms with van der Waals surface area (Å²) in [7, 11) is -3.03. The molecule has 0 amide bonds. The highest BCUT2D eigenvalue weighted by Crippen LogP contribution is 2.43. The van der Waals surface area contributed by atoms with Gasteiger partial charge in [0.05, 0.1) is 12.0 Å². The number of aliphatic hydroxyl groups excluding tert-OH is 1. The van der Waals surface area contributed by atoms with E-state index < -0.39 is 32.9 Å². The number of thioether (sulfide) groups is 1. The monoisotopic (exact) mass is 335 g/mol. The van der Waals surface area contributed by atoms with Crippen LogP contribution in [0.5, 0.6) is 0 Å². The summed E-state index contributed by atoms with van der Waals surface area (Å²) in [5.41, 5.74) is 0. The van der Waals surface area contributed by atoms with Crippen molar-refractivity contribution in [3.05, 3.63) is 30.1 Å². The van der Waals surface area contributed by atoms with Crippen molar-refractivity contribution in [1.82, 2.24) is 4.31 Å². The Morgan fingerprint density at radius 3 is 2.57 bits per heavy atom. The molecule has 21 heavy (non-hydrogen) atoms. The van der Waals surface area contributed by atoms with Gasteiger partial charge in [-0.25, -0.2) is 17.6 Å². The maximum Gasteiger partial charge on any atom is 0.337 e. The topological polar surface area (TPSA) is 83.9 Å². The Labute approximate surface area is 125 Å². The molecule has 1 N–H and O–H groups in total. The number of methoxy groups -OCH3 is 1. The fourth-order valence-corrected chi connectivity index (χ4v) is 5.36. The lowest BCUT2D eigenvalue weighted by Gasteiger charge is -2.31. The number of hydrogen-bond acceptors (Lipinski definition) is 6. The van der Waals surface area contributed by atoms with Gasteiger partial charge in [-0.3, -0.25) is 0 Å². The third-order valence-corrected chi connectivity index (χ3v) is 6.64. The smallest absolute Gasteiger partial charge is 0.337 e. The van der Waals surface area contributed by atoms with E-state index >= 15 is 0 Å². The van der Waals surface area contributed by atoms with Gasteiger partial charge in [0.15, 0.2) is 4.87 Å². The number of sulfonamides is 1. The average molecular weight is 335 g/mol. The number of esters is 1. The summed E-state index contributed by atoms with van der Waals surface area (Å²) in [5.74, 6) is -1.33. The Balaban J connectivity index is 2.50. The number of rotatable bonds is 3. The highest BCUT2D eigenvalue weighted by atomic mass is 32.2. The molecule has 1 heterocycles. The van der Waals surface area contributed by atoms with Crippen LogP contribution >= 0.6 is 11.8 Å². The third-order valence-electron chi connectivity index (χ3n) is 3.14. The lowest BCUT2D eigenvalue weighted by molar-refractivity contribution is -0.148. The second-order valence-electron chi connectivity index (χ2n) is 4.52. The van der Waals surface area contributed by atoms with E-state index in [0.29, 0.717) is 4.31 Å². The van der Waals surface area contributed by atoms with Gasteiger partial charge in [0.2, 0.25) is 10.0 Å². The van der Waals surface area contributed by atoms with Crippen molar-refractivity contribution in [3.8, 4) is 0 Å². The third kappa shape index (κ3) is 2.66. The number of halogens is 1. The fourth-order valence-electron chi connectivity index (χ4n) is 2.10. The van der Waals surface area contributed by atoms with Crippen LogP contribution in [0.1, 0.15) is 6.92 Å². The van der Waals surface area contributed by atoms with Crippen molar-refractivity contribution in [1.29, 1.82) is 0 Å². The molecule has 2 atom stereocenters. The molecular weight excluding hydrogens is 321 g/mol. The zero-order valence-corrected chi connectivity index (χ0v) is 12.9. The van der Waals surface area contributed by atoms with E-state index in [1.807, 2.05) is 0 Å². The Hall–Kier alpha value is -1.16. The Bertz CT molecular complexity index is 648. The second-order valence-corrected chi connectivity index (χ2v) is 7.75. The summed E-state index contributed by atoms with van der Waals surface area (Å²) in [6.07, 6.45) is -1.37. The molecule has 0 aromatic heterocycles. The fraction of sp³-hybridized carbons (Fsp3) is 0.417. The van der Waals surface area contributed by atoms with Crippen molar-refractivity contribution >= 4 is 27.8 Å². The predicted molar refractivity (Wildman–Crippen MR) is 74.3 cm³/mol. The predicted octanol–water partition coefficient (Wildman–Crippen LogP) is 0.771. The molecule has 9 heteroatoms. The number of benzene rings is 1. The van der Waals surface area contributed by atoms with Crippen molar-refractivity contribution in [3.63, 3.8) is 0 Å². The molecular formula is C12H14FNO5S2. The number of carbonyl (C=O) groups is 1. The molecule has 1 aliphatic rings. The van der Waals surface area contributed by atoms with Crippen LogP contribution in [0.4, 0.5) is 4.39 Å². The number of aliphatic hydroxyl groups is 1. The van der Waals surface area contributed by atoms with Crippen molar-refractivity contribution in [2.24, 2.45) is 0 Å². The quantitative estimate of drug-likeness (QED) is 0.822. The van der Waals surface area contributed by atoms with Gasteiger partial charge in [0, 0.05) is 5.75 Å². The van der Waals surface area contributed by atoms with Crippen LogP contribution in [0.2, 0.25) is 0 Å². The van der Waals surface area contributed by atoms with Gasteiger partial charge in [-0.15, -0.1) is 16.1 Å². The summed E-state index contributed by atoms with van der Waals surface area (Å²) in [5, 5.41) is 9.96. The van der Waals surface area contributed by atoms with Crippen LogP contribution < -0.4 is 0 Å². The summed E-state index contributed by atoms with van der Waals surface area (Å²) in [6, 6.07) is 4.16. The first-order chi connectivity index (χ1) is 9.73. The van der Waals surface area contributed by atoms with Gasteiger partial charge in [0.1, 0.15) is 12.0 Å². The molecule has 1 aromatic rings. The number of hydrogen-bond donors (Lipinski definition) is 1. The molecule has 6 nitrogen and oxygen atoms in total. The van der Waals surface area contributed by atoms with E-state index in [1.54, 1.807) is 0 Å². The normalized spacial score (nSPS) is 26.8. The van der Waals surface area contributed by atoms with Crippen LogP contribution in [-0.2, 0) is 19.6 Å². The Morgan fingerprint density at radius 2 is 2.05 bits per heavy atom. The lowest BCUT2D eigenvalue weighted by atomic mass is 10.3. The zero-order valence-electron chi connectivity index (χ0n) is 11.3. The molecule has 0 saturated carbocycles. The molecule has 116 valence electrons. The van der Waals surface area contributed by atoms with Gasteiger partial charge in [-0.2, -0.15) is 0 Å².